The van der Waals surface area contributed by atoms with Gasteiger partial charge in [-0.3, -0.25) is 4.57 Å². The van der Waals surface area contributed by atoms with Crippen LogP contribution in [0.3, 0.4) is 0 Å². The highest BCUT2D eigenvalue weighted by Crippen LogP contribution is 2.59. The molecule has 0 N–H and O–H groups in total. The Kier molecular flexibility index (Phi) is 11.5. The molecule has 0 fully saturated rings. The topological polar surface area (TPSA) is 33.5 Å². The van der Waals surface area contributed by atoms with Gasteiger partial charge in [-0.2, -0.15) is 0 Å². The Morgan fingerprint density at radius 1 is 0.412 bits per heavy atom. The van der Waals surface area contributed by atoms with Crippen molar-refractivity contribution in [2.24, 2.45) is 0 Å². The van der Waals surface area contributed by atoms with Crippen molar-refractivity contribution >= 4 is 44.6 Å². The fourth-order valence-corrected chi connectivity index (χ4v) is 12.8. The molecule has 2 aliphatic rings. The van der Waals surface area contributed by atoms with Crippen LogP contribution in [0.15, 0.2) is 255 Å². The van der Waals surface area contributed by atoms with Crippen LogP contribution in [-0.4, -0.2) is 16.2 Å². The smallest absolute Gasteiger partial charge is 0.137 e. The van der Waals surface area contributed by atoms with Gasteiger partial charge in [-0.25, -0.2) is 4.98 Å². The van der Waals surface area contributed by atoms with Gasteiger partial charge in [0.25, 0.3) is 0 Å². The van der Waals surface area contributed by atoms with Gasteiger partial charge < -0.3 is 14.5 Å². The number of nitrogens with zero attached hydrogens (tertiary/aromatic N) is 4. The second-order valence-corrected chi connectivity index (χ2v) is 23.6. The molecule has 14 rings (SSSR count). The Balaban J connectivity index is 0.915. The van der Waals surface area contributed by atoms with Gasteiger partial charge in [0, 0.05) is 45.9 Å². The zero-order valence-corrected chi connectivity index (χ0v) is 46.2. The molecule has 12 aromatic rings. The molecule has 0 atom stereocenters. The number of hydrogen-bond acceptors (Lipinski definition) is 4. The van der Waals surface area contributed by atoms with Gasteiger partial charge in [-0.15, -0.1) is 0 Å². The molecule has 0 unspecified atom stereocenters. The van der Waals surface area contributed by atoms with E-state index in [1.165, 1.54) is 49.9 Å². The van der Waals surface area contributed by atoms with E-state index in [0.29, 0.717) is 6.67 Å². The van der Waals surface area contributed by atoms with Crippen LogP contribution in [0.25, 0.3) is 61.0 Å². The number of para-hydroxylation sites is 3. The van der Waals surface area contributed by atoms with E-state index in [-0.39, 0.29) is 10.8 Å². The third-order valence-corrected chi connectivity index (χ3v) is 16.7. The summed E-state index contributed by atoms with van der Waals surface area (Å²) in [6.45, 7) is 14.2. The van der Waals surface area contributed by atoms with Gasteiger partial charge >= 0.3 is 0 Å². The number of aromatic nitrogens is 2. The van der Waals surface area contributed by atoms with Crippen molar-refractivity contribution in [3.8, 4) is 50.7 Å². The quantitative estimate of drug-likeness (QED) is 0.144. The number of benzene rings is 10. The zero-order valence-electron chi connectivity index (χ0n) is 46.2. The van der Waals surface area contributed by atoms with Crippen LogP contribution in [0.4, 0.5) is 22.7 Å². The number of anilines is 4. The van der Waals surface area contributed by atoms with E-state index in [1.54, 1.807) is 0 Å². The molecular formula is C75H62N4O. The first-order valence-corrected chi connectivity index (χ1v) is 28.0. The normalized spacial score (nSPS) is 13.6. The van der Waals surface area contributed by atoms with Crippen LogP contribution in [0.1, 0.15) is 74.9 Å². The fourth-order valence-electron chi connectivity index (χ4n) is 12.8. The first-order valence-electron chi connectivity index (χ1n) is 28.0. The summed E-state index contributed by atoms with van der Waals surface area (Å²) in [5.41, 5.74) is 20.7. The van der Waals surface area contributed by atoms with E-state index in [9.17, 15) is 0 Å². The Labute approximate surface area is 469 Å². The summed E-state index contributed by atoms with van der Waals surface area (Å²) in [5, 5.41) is 2.33. The summed E-state index contributed by atoms with van der Waals surface area (Å²) >= 11 is 0. The van der Waals surface area contributed by atoms with Gasteiger partial charge in [0.15, 0.2) is 0 Å². The maximum atomic E-state index is 6.91. The number of fused-ring (bicyclic) bond motifs is 7. The Morgan fingerprint density at radius 3 is 1.62 bits per heavy atom. The lowest BCUT2D eigenvalue weighted by Crippen LogP contribution is -2.30. The van der Waals surface area contributed by atoms with Crippen LogP contribution in [-0.2, 0) is 16.2 Å². The van der Waals surface area contributed by atoms with Crippen molar-refractivity contribution in [2.45, 2.75) is 57.8 Å². The van der Waals surface area contributed by atoms with E-state index in [1.807, 2.05) is 6.20 Å². The lowest BCUT2D eigenvalue weighted by molar-refractivity contribution is 0.483. The lowest BCUT2D eigenvalue weighted by atomic mass is 9.66. The van der Waals surface area contributed by atoms with Crippen molar-refractivity contribution in [3.05, 3.63) is 288 Å². The van der Waals surface area contributed by atoms with E-state index < -0.39 is 5.41 Å². The predicted molar refractivity (Wildman–Crippen MR) is 333 cm³/mol. The lowest BCUT2D eigenvalue weighted by Gasteiger charge is -2.36. The zero-order chi connectivity index (χ0) is 54.3. The molecule has 5 nitrogen and oxygen atoms in total. The third-order valence-electron chi connectivity index (χ3n) is 16.7. The third kappa shape index (κ3) is 8.02. The molecule has 0 saturated heterocycles. The molecule has 388 valence electrons. The minimum atomic E-state index is -0.625. The first kappa shape index (κ1) is 48.9. The summed E-state index contributed by atoms with van der Waals surface area (Å²) in [4.78, 5) is 9.90. The molecule has 80 heavy (non-hydrogen) atoms. The van der Waals surface area contributed by atoms with E-state index in [2.05, 4.69) is 305 Å². The van der Waals surface area contributed by atoms with Crippen LogP contribution in [0, 0.1) is 0 Å². The summed E-state index contributed by atoms with van der Waals surface area (Å²) < 4.78 is 9.18. The van der Waals surface area contributed by atoms with Gasteiger partial charge in [-0.1, -0.05) is 211 Å². The van der Waals surface area contributed by atoms with Gasteiger partial charge in [0.1, 0.15) is 24.0 Å². The van der Waals surface area contributed by atoms with Gasteiger partial charge in [0.05, 0.1) is 33.5 Å². The number of pyridine rings is 1. The van der Waals surface area contributed by atoms with Crippen molar-refractivity contribution in [1.82, 2.24) is 9.55 Å². The molecule has 3 heterocycles. The fraction of sp³-hybridized carbons (Fsp3) is 0.133. The Morgan fingerprint density at radius 2 is 0.975 bits per heavy atom. The van der Waals surface area contributed by atoms with E-state index in [4.69, 9.17) is 9.72 Å². The number of rotatable bonds is 9. The molecule has 0 amide bonds. The minimum Gasteiger partial charge on any atom is -0.457 e. The van der Waals surface area contributed by atoms with Crippen LogP contribution in [0.5, 0.6) is 11.5 Å². The molecule has 2 aromatic heterocycles. The second kappa shape index (κ2) is 18.9. The number of hydrogen-bond donors (Lipinski definition) is 0. The molecule has 0 spiro atoms. The summed E-state index contributed by atoms with van der Waals surface area (Å²) in [6, 6.07) is 91.4. The van der Waals surface area contributed by atoms with Crippen molar-refractivity contribution in [1.29, 1.82) is 0 Å². The molecule has 1 aliphatic carbocycles. The summed E-state index contributed by atoms with van der Waals surface area (Å²) in [6.07, 6.45) is 1.93. The van der Waals surface area contributed by atoms with Crippen LogP contribution >= 0.6 is 0 Å². The Bertz CT molecular complexity index is 4230. The maximum absolute atomic E-state index is 6.91. The van der Waals surface area contributed by atoms with Crippen molar-refractivity contribution in [2.75, 3.05) is 16.5 Å². The molecule has 5 heteroatoms. The summed E-state index contributed by atoms with van der Waals surface area (Å²) in [5.74, 6) is 2.40. The summed E-state index contributed by atoms with van der Waals surface area (Å²) in [7, 11) is 0. The molecule has 0 radical (unpaired) electrons. The highest BCUT2D eigenvalue weighted by Gasteiger charge is 2.47. The molecular weight excluding hydrogens is 973 g/mol. The predicted octanol–water partition coefficient (Wildman–Crippen LogP) is 19.5. The highest BCUT2D eigenvalue weighted by molar-refractivity contribution is 6.09. The highest BCUT2D eigenvalue weighted by atomic mass is 16.5. The number of ether oxygens (including phenoxy) is 1. The van der Waals surface area contributed by atoms with Crippen LogP contribution < -0.4 is 14.5 Å². The van der Waals surface area contributed by atoms with Gasteiger partial charge in [-0.05, 0) is 133 Å². The standard InChI is InChI=1S/C75H62N4O/c1-73(2,3)52-36-38-53(39-37-52)75(65-31-16-13-28-59(65)60-29-14-17-32-66(60)75)55-44-63(50-22-9-7-10-23-50)72(64(45-55)51-24-11-8-12-25-51)78-49-77(68-34-19-20-35-69(68)78)56-26-21-27-57(47-56)80-58-40-41-62-61-30-15-18-33-67(61)79(70(62)48-58)71-46-54(42-43-76-71)74(4,5)6/h7-48H,49H2,1-6H3. The second-order valence-electron chi connectivity index (χ2n) is 23.6. The van der Waals surface area contributed by atoms with Crippen molar-refractivity contribution in [3.63, 3.8) is 0 Å². The molecule has 1 aliphatic heterocycles. The molecule has 0 saturated carbocycles. The van der Waals surface area contributed by atoms with Gasteiger partial charge in [0.2, 0.25) is 0 Å². The Hall–Kier alpha value is -9.45. The minimum absolute atomic E-state index is 0.00432. The SMILES string of the molecule is CC(C)(C)c1ccc(C2(c3cc(-c4ccccc4)c(N4CN(c5cccc(Oc6ccc7c8ccccc8n(-c8cc(C(C)(C)C)ccn8)c7c6)c5)c5ccccc54)c(-c4ccccc4)c3)c3ccccc3-c3ccccc32)cc1. The monoisotopic (exact) mass is 1030 g/mol. The largest absolute Gasteiger partial charge is 0.457 e. The van der Waals surface area contributed by atoms with Crippen LogP contribution in [0.2, 0.25) is 0 Å². The van der Waals surface area contributed by atoms with Crippen molar-refractivity contribution < 1.29 is 4.74 Å². The average Bonchev–Trinajstić information content (AvgIpc) is 4.18. The molecule has 10 aromatic carbocycles. The molecule has 0 bridgehead atoms. The van der Waals surface area contributed by atoms with E-state index in [0.717, 1.165) is 78.7 Å². The maximum Gasteiger partial charge on any atom is 0.137 e. The van der Waals surface area contributed by atoms with E-state index >= 15 is 0 Å². The average molecular weight is 1040 g/mol. The first-order chi connectivity index (χ1) is 38.9.